The Bertz CT molecular complexity index is 1630. The van der Waals surface area contributed by atoms with Crippen LogP contribution in [0.25, 0.3) is 32.2 Å². The number of rotatable bonds is 8. The molecule has 0 saturated carbocycles. The number of nitrogens with zero attached hydrogens (tertiary/aromatic N) is 5. The summed E-state index contributed by atoms with van der Waals surface area (Å²) in [6.45, 7) is 11.2. The van der Waals surface area contributed by atoms with E-state index in [-0.39, 0.29) is 10.6 Å². The summed E-state index contributed by atoms with van der Waals surface area (Å²) in [5, 5.41) is 12.3. The summed E-state index contributed by atoms with van der Waals surface area (Å²) in [5.74, 6) is 0.822. The van der Waals surface area contributed by atoms with Gasteiger partial charge in [-0.3, -0.25) is 4.98 Å². The van der Waals surface area contributed by atoms with Crippen molar-refractivity contribution < 1.29 is 13.9 Å². The lowest BCUT2D eigenvalue weighted by Gasteiger charge is -2.19. The smallest absolute Gasteiger partial charge is 0.225 e. The van der Waals surface area contributed by atoms with Gasteiger partial charge in [-0.1, -0.05) is 33.6 Å². The molecule has 2 unspecified atom stereocenters. The molecular weight excluding hydrogens is 570 g/mol. The van der Waals surface area contributed by atoms with Crippen molar-refractivity contribution in [1.82, 2.24) is 15.0 Å². The molecule has 2 aliphatic rings. The van der Waals surface area contributed by atoms with Gasteiger partial charge in [0.1, 0.15) is 11.1 Å². The lowest BCUT2D eigenvalue weighted by Crippen LogP contribution is -2.22. The van der Waals surface area contributed by atoms with E-state index in [1.807, 2.05) is 6.20 Å². The van der Waals surface area contributed by atoms with Crippen LogP contribution in [0.5, 0.6) is 0 Å². The molecule has 2 N–H and O–H groups in total. The standard InChI is InChI=1S/C23H20FN6OPS.C8H18O/c1-10-2-3-30(7-10)23-28-5-12-13-8-31-9-14(13)16(20(32)18(12)29-23)19-17-11(4-25)22(26)33-21(17)15(24)6-27-19;1-3-5-6-8-9-7-4-2/h5-6,10H,2-3,7-9,26,32H2,1H3;3-8H2,1-2H3. The Hall–Kier alpha value is -2.96. The summed E-state index contributed by atoms with van der Waals surface area (Å²) < 4.78 is 26.1. The van der Waals surface area contributed by atoms with Gasteiger partial charge in [-0.15, -0.1) is 20.6 Å². The number of halogens is 1. The third-order valence-electron chi connectivity index (χ3n) is 7.78. The highest BCUT2D eigenvalue weighted by Gasteiger charge is 2.29. The molecule has 42 heavy (non-hydrogen) atoms. The lowest BCUT2D eigenvalue weighted by atomic mass is 9.94. The molecule has 2 atom stereocenters. The molecule has 1 saturated heterocycles. The third kappa shape index (κ3) is 5.93. The summed E-state index contributed by atoms with van der Waals surface area (Å²) in [7, 11) is 2.79. The monoisotopic (exact) mass is 608 g/mol. The zero-order valence-electron chi connectivity index (χ0n) is 24.5. The molecule has 0 radical (unpaired) electrons. The fourth-order valence-corrected chi connectivity index (χ4v) is 7.05. The Kier molecular flexibility index (Phi) is 9.85. The maximum atomic E-state index is 14.6. The second-order valence-corrected chi connectivity index (χ2v) is 12.6. The summed E-state index contributed by atoms with van der Waals surface area (Å²) in [4.78, 5) is 16.3. The topological polar surface area (TPSA) is 110 Å². The van der Waals surface area contributed by atoms with Crippen LogP contribution in [0.4, 0.5) is 15.3 Å². The number of nitrogen functional groups attached to an aromatic ring is 1. The Morgan fingerprint density at radius 2 is 2.00 bits per heavy atom. The van der Waals surface area contributed by atoms with E-state index in [1.54, 1.807) is 0 Å². The van der Waals surface area contributed by atoms with E-state index < -0.39 is 5.82 Å². The lowest BCUT2D eigenvalue weighted by molar-refractivity contribution is 0.131. The molecule has 8 nitrogen and oxygen atoms in total. The van der Waals surface area contributed by atoms with Crippen molar-refractivity contribution in [2.75, 3.05) is 36.9 Å². The van der Waals surface area contributed by atoms with E-state index in [1.165, 1.54) is 25.5 Å². The van der Waals surface area contributed by atoms with Crippen molar-refractivity contribution in [3.05, 3.63) is 34.9 Å². The molecule has 2 aliphatic heterocycles. The van der Waals surface area contributed by atoms with Crippen molar-refractivity contribution in [2.45, 2.75) is 66.1 Å². The number of hydrogen-bond acceptors (Lipinski definition) is 9. The predicted octanol–water partition coefficient (Wildman–Crippen LogP) is 6.48. The molecule has 4 aromatic rings. The van der Waals surface area contributed by atoms with Gasteiger partial charge in [0, 0.05) is 54.1 Å². The van der Waals surface area contributed by atoms with Crippen molar-refractivity contribution in [3.63, 3.8) is 0 Å². The van der Waals surface area contributed by atoms with Gasteiger partial charge in [0.05, 0.1) is 40.9 Å². The van der Waals surface area contributed by atoms with Crippen LogP contribution in [0.1, 0.15) is 69.6 Å². The van der Waals surface area contributed by atoms with Gasteiger partial charge in [-0.2, -0.15) is 5.26 Å². The first-order valence-corrected chi connectivity index (χ1v) is 16.1. The number of pyridine rings is 1. The van der Waals surface area contributed by atoms with Crippen LogP contribution in [0.15, 0.2) is 12.4 Å². The van der Waals surface area contributed by atoms with E-state index in [0.717, 1.165) is 83.4 Å². The zero-order chi connectivity index (χ0) is 29.8. The van der Waals surface area contributed by atoms with Gasteiger partial charge in [0.25, 0.3) is 0 Å². The largest absolute Gasteiger partial charge is 0.389 e. The van der Waals surface area contributed by atoms with Crippen LogP contribution in [0.3, 0.4) is 0 Å². The van der Waals surface area contributed by atoms with E-state index in [0.29, 0.717) is 40.9 Å². The van der Waals surface area contributed by atoms with Crippen molar-refractivity contribution in [2.24, 2.45) is 5.92 Å². The first-order valence-electron chi connectivity index (χ1n) is 14.7. The Labute approximate surface area is 252 Å². The van der Waals surface area contributed by atoms with Crippen LogP contribution < -0.4 is 15.9 Å². The van der Waals surface area contributed by atoms with Crippen LogP contribution in [-0.4, -0.2) is 41.3 Å². The fraction of sp³-hybridized carbons (Fsp3) is 0.484. The third-order valence-corrected chi connectivity index (χ3v) is 9.37. The number of hydrogen-bond donors (Lipinski definition) is 1. The maximum Gasteiger partial charge on any atom is 0.225 e. The quantitative estimate of drug-likeness (QED) is 0.179. The molecular formula is C31H38FN6O2PS. The van der Waals surface area contributed by atoms with Gasteiger partial charge >= 0.3 is 0 Å². The van der Waals surface area contributed by atoms with Crippen LogP contribution in [-0.2, 0) is 22.7 Å². The van der Waals surface area contributed by atoms with E-state index in [2.05, 4.69) is 50.9 Å². The summed E-state index contributed by atoms with van der Waals surface area (Å²) in [6, 6.07) is 2.14. The molecule has 0 aliphatic carbocycles. The highest BCUT2D eigenvalue weighted by atomic mass is 32.1. The number of thiophene rings is 1. The average molecular weight is 609 g/mol. The molecule has 222 valence electrons. The number of nitrogens with two attached hydrogens (primary N) is 1. The van der Waals surface area contributed by atoms with Gasteiger partial charge in [-0.25, -0.2) is 14.4 Å². The first-order chi connectivity index (χ1) is 20.4. The van der Waals surface area contributed by atoms with Crippen molar-refractivity contribution in [3.8, 4) is 17.3 Å². The van der Waals surface area contributed by atoms with E-state index >= 15 is 0 Å². The number of anilines is 2. The minimum absolute atomic E-state index is 0.253. The summed E-state index contributed by atoms with van der Waals surface area (Å²) in [5.41, 5.74) is 10.4. The van der Waals surface area contributed by atoms with Gasteiger partial charge in [0.2, 0.25) is 5.95 Å². The van der Waals surface area contributed by atoms with E-state index in [4.69, 9.17) is 20.2 Å². The minimum atomic E-state index is -0.487. The molecule has 5 heterocycles. The van der Waals surface area contributed by atoms with Gasteiger partial charge < -0.3 is 20.1 Å². The number of benzene rings is 1. The van der Waals surface area contributed by atoms with Crippen LogP contribution in [0, 0.1) is 23.1 Å². The molecule has 3 aromatic heterocycles. The minimum Gasteiger partial charge on any atom is -0.389 e. The molecule has 0 spiro atoms. The number of unbranched alkanes of at least 4 members (excludes halogenated alkanes) is 2. The molecule has 6 rings (SSSR count). The number of ether oxygens (including phenoxy) is 2. The second-order valence-electron chi connectivity index (χ2n) is 10.9. The second kappa shape index (κ2) is 13.6. The number of fused-ring (bicyclic) bond motifs is 4. The molecule has 0 bridgehead atoms. The molecule has 1 fully saturated rings. The highest BCUT2D eigenvalue weighted by molar-refractivity contribution is 7.29. The normalized spacial score (nSPS) is 16.1. The molecule has 0 amide bonds. The molecule has 1 aromatic carbocycles. The van der Waals surface area contributed by atoms with Gasteiger partial charge in [0.15, 0.2) is 5.82 Å². The van der Waals surface area contributed by atoms with Crippen LogP contribution >= 0.6 is 20.6 Å². The van der Waals surface area contributed by atoms with Crippen LogP contribution in [0.2, 0.25) is 0 Å². The first kappa shape index (κ1) is 30.5. The van der Waals surface area contributed by atoms with Gasteiger partial charge in [-0.05, 0) is 36.3 Å². The summed E-state index contributed by atoms with van der Waals surface area (Å²) >= 11 is 1.07. The highest BCUT2D eigenvalue weighted by Crippen LogP contribution is 2.43. The van der Waals surface area contributed by atoms with Crippen molar-refractivity contribution >= 4 is 57.8 Å². The Balaban J connectivity index is 0.000000342. The number of aromatic nitrogens is 3. The Morgan fingerprint density at radius 3 is 2.71 bits per heavy atom. The zero-order valence-corrected chi connectivity index (χ0v) is 26.5. The average Bonchev–Trinajstić information content (AvgIpc) is 3.73. The molecule has 11 heteroatoms. The number of nitriles is 1. The SMILES string of the molecule is CC1CCN(c2ncc3c4c(c(-c5ncc(F)c6sc(N)c(C#N)c56)c(P)c3n2)COC4)C1.CCCCCOCCC. The fourth-order valence-electron chi connectivity index (χ4n) is 5.60. The Morgan fingerprint density at radius 1 is 1.19 bits per heavy atom. The van der Waals surface area contributed by atoms with Crippen molar-refractivity contribution in [1.29, 1.82) is 5.26 Å². The van der Waals surface area contributed by atoms with E-state index in [9.17, 15) is 9.65 Å². The summed E-state index contributed by atoms with van der Waals surface area (Å²) in [6.07, 6.45) is 9.17. The maximum absolute atomic E-state index is 14.6. The predicted molar refractivity (Wildman–Crippen MR) is 172 cm³/mol.